The Morgan fingerprint density at radius 2 is 1.55 bits per heavy atom. The number of benzene rings is 3. The molecular weight excluding hydrogens is 386 g/mol. The third kappa shape index (κ3) is 4.62. The number of aromatic nitrogens is 2. The molecule has 0 amide bonds. The molecule has 0 unspecified atom stereocenters. The number of aryl methyl sites for hydroxylation is 2. The maximum Gasteiger partial charge on any atom is 0.232 e. The van der Waals surface area contributed by atoms with E-state index in [0.29, 0.717) is 17.4 Å². The molecule has 31 heavy (non-hydrogen) atoms. The summed E-state index contributed by atoms with van der Waals surface area (Å²) in [4.78, 5) is 8.66. The third-order valence-electron chi connectivity index (χ3n) is 4.77. The van der Waals surface area contributed by atoms with Crippen LogP contribution in [0.2, 0.25) is 0 Å². The van der Waals surface area contributed by atoms with Crippen LogP contribution in [-0.4, -0.2) is 9.97 Å². The second-order valence-electron chi connectivity index (χ2n) is 7.18. The van der Waals surface area contributed by atoms with Crippen molar-refractivity contribution in [2.24, 2.45) is 0 Å². The summed E-state index contributed by atoms with van der Waals surface area (Å²) in [5.41, 5.74) is 11.6. The highest BCUT2D eigenvalue weighted by molar-refractivity contribution is 5.67. The zero-order valence-electron chi connectivity index (χ0n) is 17.3. The van der Waals surface area contributed by atoms with Crippen LogP contribution in [-0.2, 0) is 0 Å². The first kappa shape index (κ1) is 19.9. The van der Waals surface area contributed by atoms with Gasteiger partial charge in [-0.1, -0.05) is 30.3 Å². The van der Waals surface area contributed by atoms with E-state index in [1.165, 1.54) is 0 Å². The molecule has 0 spiro atoms. The highest BCUT2D eigenvalue weighted by Crippen LogP contribution is 2.33. The van der Waals surface area contributed by atoms with Gasteiger partial charge in [-0.25, -0.2) is 0 Å². The van der Waals surface area contributed by atoms with Gasteiger partial charge in [-0.3, -0.25) is 0 Å². The Morgan fingerprint density at radius 1 is 0.871 bits per heavy atom. The van der Waals surface area contributed by atoms with E-state index < -0.39 is 0 Å². The summed E-state index contributed by atoms with van der Waals surface area (Å²) in [5.74, 6) is 1.69. The number of ether oxygens (including phenoxy) is 1. The molecule has 0 aliphatic rings. The number of nitrogens with one attached hydrogen (secondary N) is 1. The van der Waals surface area contributed by atoms with Crippen molar-refractivity contribution in [3.8, 4) is 28.8 Å². The van der Waals surface area contributed by atoms with E-state index in [9.17, 15) is 0 Å². The summed E-state index contributed by atoms with van der Waals surface area (Å²) in [6, 6.07) is 25.1. The van der Waals surface area contributed by atoms with Crippen molar-refractivity contribution in [1.82, 2.24) is 9.97 Å². The van der Waals surface area contributed by atoms with Gasteiger partial charge in [0.15, 0.2) is 0 Å². The van der Waals surface area contributed by atoms with E-state index in [2.05, 4.69) is 45.6 Å². The van der Waals surface area contributed by atoms with Gasteiger partial charge in [0.2, 0.25) is 11.8 Å². The van der Waals surface area contributed by atoms with Crippen LogP contribution in [0.3, 0.4) is 0 Å². The van der Waals surface area contributed by atoms with Crippen molar-refractivity contribution < 1.29 is 4.74 Å². The summed E-state index contributed by atoms with van der Waals surface area (Å²) in [7, 11) is 0. The molecule has 1 heterocycles. The largest absolute Gasteiger partial charge is 0.438 e. The minimum absolute atomic E-state index is 0.289. The molecule has 0 aliphatic carbocycles. The lowest BCUT2D eigenvalue weighted by Gasteiger charge is -2.14. The summed E-state index contributed by atoms with van der Waals surface area (Å²) >= 11 is 0. The topological polar surface area (TPSA) is 96.9 Å². The number of nitriles is 1. The maximum absolute atomic E-state index is 8.93. The second-order valence-corrected chi connectivity index (χ2v) is 7.18. The molecule has 0 saturated carbocycles. The Kier molecular flexibility index (Phi) is 5.50. The van der Waals surface area contributed by atoms with Crippen molar-refractivity contribution in [2.75, 3.05) is 11.1 Å². The molecule has 0 fully saturated rings. The lowest BCUT2D eigenvalue weighted by Crippen LogP contribution is -2.03. The third-order valence-corrected chi connectivity index (χ3v) is 4.77. The van der Waals surface area contributed by atoms with E-state index in [1.807, 2.05) is 32.0 Å². The van der Waals surface area contributed by atoms with Crippen LogP contribution in [0.1, 0.15) is 16.7 Å². The Bertz CT molecular complexity index is 1240. The number of nitrogen functional groups attached to an aromatic ring is 1. The quantitative estimate of drug-likeness (QED) is 0.437. The first-order valence-corrected chi connectivity index (χ1v) is 9.78. The molecule has 3 N–H and O–H groups in total. The van der Waals surface area contributed by atoms with E-state index in [0.717, 1.165) is 33.7 Å². The number of nitrogens with two attached hydrogens (primary N) is 1. The standard InChI is InChI=1S/C25H21N5O/c1-16-12-20(19-6-4-3-5-7-19)13-17(2)24(16)31-23-14-22(27)29-25(30-23)28-21-10-8-18(15-26)9-11-21/h3-14H,1-2H3,(H3,27,28,29,30). The van der Waals surface area contributed by atoms with Gasteiger partial charge in [-0.15, -0.1) is 0 Å². The normalized spacial score (nSPS) is 10.4. The van der Waals surface area contributed by atoms with Crippen LogP contribution in [0.15, 0.2) is 72.8 Å². The molecule has 1 aromatic heterocycles. The van der Waals surface area contributed by atoms with Crippen LogP contribution in [0.25, 0.3) is 11.1 Å². The van der Waals surface area contributed by atoms with Gasteiger partial charge in [0.1, 0.15) is 11.6 Å². The molecule has 4 rings (SSSR count). The minimum atomic E-state index is 0.289. The molecule has 0 aliphatic heterocycles. The van der Waals surface area contributed by atoms with Crippen LogP contribution in [0.4, 0.5) is 17.5 Å². The fraction of sp³-hybridized carbons (Fsp3) is 0.0800. The van der Waals surface area contributed by atoms with Crippen LogP contribution < -0.4 is 15.8 Å². The predicted octanol–water partition coefficient (Wildman–Crippen LogP) is 5.75. The molecule has 0 bridgehead atoms. The molecule has 4 aromatic rings. The second kappa shape index (κ2) is 8.56. The number of nitrogens with zero attached hydrogens (tertiary/aromatic N) is 3. The SMILES string of the molecule is Cc1cc(-c2ccccc2)cc(C)c1Oc1cc(N)nc(Nc2ccc(C#N)cc2)n1. The van der Waals surface area contributed by atoms with Crippen LogP contribution in [0.5, 0.6) is 11.6 Å². The molecule has 0 radical (unpaired) electrons. The molecule has 3 aromatic carbocycles. The van der Waals surface area contributed by atoms with Crippen molar-refractivity contribution in [2.45, 2.75) is 13.8 Å². The Labute approximate surface area is 181 Å². The van der Waals surface area contributed by atoms with Gasteiger partial charge in [0.25, 0.3) is 0 Å². The molecule has 0 saturated heterocycles. The summed E-state index contributed by atoms with van der Waals surface area (Å²) < 4.78 is 6.11. The highest BCUT2D eigenvalue weighted by atomic mass is 16.5. The van der Waals surface area contributed by atoms with Gasteiger partial charge in [0, 0.05) is 11.8 Å². The number of hydrogen-bond acceptors (Lipinski definition) is 6. The summed E-state index contributed by atoms with van der Waals surface area (Å²) in [6.45, 7) is 4.02. The Balaban J connectivity index is 1.60. The van der Waals surface area contributed by atoms with Gasteiger partial charge < -0.3 is 15.8 Å². The van der Waals surface area contributed by atoms with Crippen molar-refractivity contribution in [3.05, 3.63) is 89.5 Å². The average Bonchev–Trinajstić information content (AvgIpc) is 2.77. The minimum Gasteiger partial charge on any atom is -0.438 e. The van der Waals surface area contributed by atoms with E-state index in [1.54, 1.807) is 30.3 Å². The number of anilines is 3. The lowest BCUT2D eigenvalue weighted by atomic mass is 10.00. The number of rotatable bonds is 5. The molecule has 6 heteroatoms. The fourth-order valence-electron chi connectivity index (χ4n) is 3.32. The molecule has 0 atom stereocenters. The smallest absolute Gasteiger partial charge is 0.232 e. The summed E-state index contributed by atoms with van der Waals surface area (Å²) in [6.07, 6.45) is 0. The highest BCUT2D eigenvalue weighted by Gasteiger charge is 2.12. The summed E-state index contributed by atoms with van der Waals surface area (Å²) in [5, 5.41) is 12.0. The Morgan fingerprint density at radius 3 is 2.19 bits per heavy atom. The van der Waals surface area contributed by atoms with Gasteiger partial charge in [0.05, 0.1) is 11.6 Å². The lowest BCUT2D eigenvalue weighted by molar-refractivity contribution is 0.456. The predicted molar refractivity (Wildman–Crippen MR) is 122 cm³/mol. The van der Waals surface area contributed by atoms with Crippen molar-refractivity contribution >= 4 is 17.5 Å². The van der Waals surface area contributed by atoms with Gasteiger partial charge >= 0.3 is 0 Å². The van der Waals surface area contributed by atoms with Crippen LogP contribution in [0, 0.1) is 25.2 Å². The average molecular weight is 407 g/mol. The first-order chi connectivity index (χ1) is 15.0. The monoisotopic (exact) mass is 407 g/mol. The first-order valence-electron chi connectivity index (χ1n) is 9.78. The molecule has 152 valence electrons. The fourth-order valence-corrected chi connectivity index (χ4v) is 3.32. The van der Waals surface area contributed by atoms with Crippen LogP contribution >= 0.6 is 0 Å². The van der Waals surface area contributed by atoms with E-state index in [-0.39, 0.29) is 5.82 Å². The zero-order chi connectivity index (χ0) is 21.8. The number of hydrogen-bond donors (Lipinski definition) is 2. The molecule has 6 nitrogen and oxygen atoms in total. The van der Waals surface area contributed by atoms with E-state index in [4.69, 9.17) is 15.7 Å². The van der Waals surface area contributed by atoms with Gasteiger partial charge in [-0.05, 0) is 72.5 Å². The molecular formula is C25H21N5O. The van der Waals surface area contributed by atoms with Crippen molar-refractivity contribution in [1.29, 1.82) is 5.26 Å². The Hall–Kier alpha value is -4.37. The van der Waals surface area contributed by atoms with E-state index >= 15 is 0 Å². The maximum atomic E-state index is 8.93. The van der Waals surface area contributed by atoms with Crippen molar-refractivity contribution in [3.63, 3.8) is 0 Å². The zero-order valence-corrected chi connectivity index (χ0v) is 17.3. The van der Waals surface area contributed by atoms with Gasteiger partial charge in [-0.2, -0.15) is 15.2 Å².